The fourth-order valence-electron chi connectivity index (χ4n) is 6.25. The predicted octanol–water partition coefficient (Wildman–Crippen LogP) is 3.45. The van der Waals surface area contributed by atoms with Crippen LogP contribution in [0.25, 0.3) is 5.69 Å². The van der Waals surface area contributed by atoms with Gasteiger partial charge in [0.25, 0.3) is 0 Å². The maximum absolute atomic E-state index is 12.8. The van der Waals surface area contributed by atoms with Crippen molar-refractivity contribution in [2.75, 3.05) is 19.7 Å². The number of carbonyl (C=O) groups excluding carboxylic acids is 1. The summed E-state index contributed by atoms with van der Waals surface area (Å²) in [7, 11) is 2.46. The van der Waals surface area contributed by atoms with Gasteiger partial charge in [-0.2, -0.15) is 0 Å². The van der Waals surface area contributed by atoms with E-state index in [-0.39, 0.29) is 0 Å². The van der Waals surface area contributed by atoms with Gasteiger partial charge in [-0.3, -0.25) is 4.79 Å². The van der Waals surface area contributed by atoms with Crippen molar-refractivity contribution in [3.05, 3.63) is 30.6 Å². The second kappa shape index (κ2) is 9.86. The molecule has 0 spiro atoms. The molecule has 2 aliphatic carbocycles. The lowest BCUT2D eigenvalue weighted by Gasteiger charge is -2.36. The number of amides is 1. The minimum absolute atomic E-state index is 0.414. The van der Waals surface area contributed by atoms with Crippen molar-refractivity contribution in [3.8, 4) is 11.4 Å². The van der Waals surface area contributed by atoms with Crippen LogP contribution in [-0.2, 0) is 4.79 Å². The van der Waals surface area contributed by atoms with E-state index in [4.69, 9.17) is 4.74 Å². The fraction of sp³-hybridized carbons (Fsp3) is 0.680. The topological polar surface area (TPSA) is 73.1 Å². The summed E-state index contributed by atoms with van der Waals surface area (Å²) in [6.07, 6.45) is 13.6. The Hall–Kier alpha value is -2.38. The molecular weight excluding hydrogens is 413 g/mol. The third-order valence-corrected chi connectivity index (χ3v) is 8.61. The summed E-state index contributed by atoms with van der Waals surface area (Å²) in [5.41, 5.74) is 0.922. The summed E-state index contributed by atoms with van der Waals surface area (Å²) in [6, 6.07) is 7.89. The molecule has 0 bridgehead atoms. The van der Waals surface area contributed by atoms with E-state index in [1.807, 2.05) is 24.3 Å². The molecule has 2 atom stereocenters. The average Bonchev–Trinajstić information content (AvgIpc) is 3.23. The van der Waals surface area contributed by atoms with Gasteiger partial charge in [-0.15, -0.1) is 5.10 Å². The number of nitrogens with zero attached hydrogens (tertiary/aromatic N) is 5. The minimum Gasteiger partial charge on any atom is -0.494 e. The Balaban J connectivity index is 1.02. The number of ether oxygens (including phenoxy) is 1. The second-order valence-corrected chi connectivity index (χ2v) is 10.7. The Morgan fingerprint density at radius 1 is 1.09 bits per heavy atom. The van der Waals surface area contributed by atoms with Crippen LogP contribution in [0, 0.1) is 17.8 Å². The van der Waals surface area contributed by atoms with E-state index >= 15 is 0 Å². The number of carbonyl (C=O) groups is 1. The number of hydrogen-bond acceptors (Lipinski definition) is 5. The van der Waals surface area contributed by atoms with Crippen LogP contribution in [0.2, 0.25) is 5.31 Å². The lowest BCUT2D eigenvalue weighted by molar-refractivity contribution is -0.133. The van der Waals surface area contributed by atoms with E-state index in [0.717, 1.165) is 55.8 Å². The predicted molar refractivity (Wildman–Crippen MR) is 129 cm³/mol. The van der Waals surface area contributed by atoms with Crippen molar-refractivity contribution in [3.63, 3.8) is 0 Å². The van der Waals surface area contributed by atoms with E-state index in [9.17, 15) is 4.79 Å². The van der Waals surface area contributed by atoms with Crippen molar-refractivity contribution in [2.45, 2.75) is 69.5 Å². The van der Waals surface area contributed by atoms with Crippen molar-refractivity contribution >= 4 is 13.8 Å². The average molecular weight is 449 g/mol. The lowest BCUT2D eigenvalue weighted by Crippen LogP contribution is -2.40. The Morgan fingerprint density at radius 3 is 2.55 bits per heavy atom. The van der Waals surface area contributed by atoms with Crippen LogP contribution in [0.15, 0.2) is 30.6 Å². The standard InChI is InChI=1S/C25H36BN5O2/c26-25(20-10-13-30(14-11-20)24(32)16-19-4-2-1-3-5-19)17-21(25)12-15-33-23-8-6-22(7-9-23)31-18-27-28-29-31/h6-9,18-21H,1-5,10-17,26H2. The molecule has 0 radical (unpaired) electrons. The quantitative estimate of drug-likeness (QED) is 0.578. The lowest BCUT2D eigenvalue weighted by atomic mass is 9.67. The van der Waals surface area contributed by atoms with Crippen LogP contribution in [-0.4, -0.2) is 58.6 Å². The molecule has 2 unspecified atom stereocenters. The zero-order valence-corrected chi connectivity index (χ0v) is 19.9. The molecule has 3 aliphatic rings. The number of rotatable bonds is 8. The number of benzene rings is 1. The summed E-state index contributed by atoms with van der Waals surface area (Å²) in [4.78, 5) is 14.9. The van der Waals surface area contributed by atoms with E-state index in [0.29, 0.717) is 17.1 Å². The van der Waals surface area contributed by atoms with Gasteiger partial charge in [-0.25, -0.2) is 4.68 Å². The molecule has 1 aliphatic heterocycles. The van der Waals surface area contributed by atoms with Crippen molar-refractivity contribution in [1.29, 1.82) is 0 Å². The van der Waals surface area contributed by atoms with Crippen LogP contribution < -0.4 is 4.74 Å². The molecule has 1 aromatic carbocycles. The first-order chi connectivity index (χ1) is 16.1. The Labute approximate surface area is 197 Å². The second-order valence-electron chi connectivity index (χ2n) is 10.7. The summed E-state index contributed by atoms with van der Waals surface area (Å²) in [5, 5.41) is 11.7. The highest BCUT2D eigenvalue weighted by Gasteiger charge is 2.54. The summed E-state index contributed by atoms with van der Waals surface area (Å²) in [6.45, 7) is 2.68. The highest BCUT2D eigenvalue weighted by molar-refractivity contribution is 6.18. The van der Waals surface area contributed by atoms with Crippen molar-refractivity contribution in [1.82, 2.24) is 25.1 Å². The van der Waals surface area contributed by atoms with Gasteiger partial charge >= 0.3 is 0 Å². The molecule has 5 rings (SSSR count). The molecule has 8 heteroatoms. The van der Waals surface area contributed by atoms with Crippen LogP contribution in [0.1, 0.15) is 64.2 Å². The highest BCUT2D eigenvalue weighted by Crippen LogP contribution is 2.66. The number of tetrazole rings is 1. The van der Waals surface area contributed by atoms with Gasteiger partial charge in [-0.1, -0.05) is 31.0 Å². The molecule has 33 heavy (non-hydrogen) atoms. The molecule has 7 nitrogen and oxygen atoms in total. The van der Waals surface area contributed by atoms with E-state index < -0.39 is 0 Å². The monoisotopic (exact) mass is 449 g/mol. The first-order valence-electron chi connectivity index (χ1n) is 12.9. The van der Waals surface area contributed by atoms with Crippen molar-refractivity contribution < 1.29 is 9.53 Å². The first kappa shape index (κ1) is 22.4. The Bertz CT molecular complexity index is 907. The summed E-state index contributed by atoms with van der Waals surface area (Å²) < 4.78 is 7.65. The van der Waals surface area contributed by atoms with Crippen molar-refractivity contribution in [2.24, 2.45) is 17.8 Å². The molecule has 1 aromatic heterocycles. The van der Waals surface area contributed by atoms with Gasteiger partial charge in [0.05, 0.1) is 12.3 Å². The molecule has 2 aromatic rings. The van der Waals surface area contributed by atoms with Crippen LogP contribution in [0.4, 0.5) is 0 Å². The maximum Gasteiger partial charge on any atom is 0.222 e. The molecule has 2 saturated carbocycles. The van der Waals surface area contributed by atoms with Gasteiger partial charge in [0.1, 0.15) is 19.9 Å². The molecule has 1 amide bonds. The minimum atomic E-state index is 0.414. The molecule has 3 fully saturated rings. The Morgan fingerprint density at radius 2 is 1.85 bits per heavy atom. The SMILES string of the molecule is BC1(C2CCN(C(=O)CC3CCCCC3)CC2)CC1CCOc1ccc(-n2cnnn2)cc1. The fourth-order valence-corrected chi connectivity index (χ4v) is 6.25. The molecule has 176 valence electrons. The molecular formula is C25H36BN5O2. The molecule has 1 saturated heterocycles. The van der Waals surface area contributed by atoms with Crippen LogP contribution >= 0.6 is 0 Å². The smallest absolute Gasteiger partial charge is 0.222 e. The third kappa shape index (κ3) is 5.25. The first-order valence-corrected chi connectivity index (χ1v) is 12.9. The number of piperidine rings is 1. The van der Waals surface area contributed by atoms with E-state index in [1.54, 1.807) is 11.0 Å². The molecule has 0 N–H and O–H groups in total. The van der Waals surface area contributed by atoms with Gasteiger partial charge < -0.3 is 9.64 Å². The Kier molecular flexibility index (Phi) is 6.70. The summed E-state index contributed by atoms with van der Waals surface area (Å²) in [5.74, 6) is 3.44. The number of likely N-dealkylation sites (tertiary alicyclic amines) is 1. The molecule has 2 heterocycles. The maximum atomic E-state index is 12.8. The van der Waals surface area contributed by atoms with E-state index in [1.165, 1.54) is 51.4 Å². The van der Waals surface area contributed by atoms with Gasteiger partial charge in [-0.05, 0) is 84.6 Å². The number of aromatic nitrogens is 4. The van der Waals surface area contributed by atoms with Crippen LogP contribution in [0.5, 0.6) is 5.75 Å². The normalized spacial score (nSPS) is 26.3. The van der Waals surface area contributed by atoms with Crippen LogP contribution in [0.3, 0.4) is 0 Å². The van der Waals surface area contributed by atoms with Gasteiger partial charge in [0.15, 0.2) is 0 Å². The van der Waals surface area contributed by atoms with Gasteiger partial charge in [0.2, 0.25) is 5.91 Å². The third-order valence-electron chi connectivity index (χ3n) is 8.61. The van der Waals surface area contributed by atoms with E-state index in [2.05, 4.69) is 28.3 Å². The largest absolute Gasteiger partial charge is 0.494 e. The number of hydrogen-bond donors (Lipinski definition) is 0. The zero-order valence-electron chi connectivity index (χ0n) is 19.9. The summed E-state index contributed by atoms with van der Waals surface area (Å²) >= 11 is 0. The zero-order chi connectivity index (χ0) is 22.7. The van der Waals surface area contributed by atoms with Gasteiger partial charge in [0, 0.05) is 19.5 Å². The highest BCUT2D eigenvalue weighted by atomic mass is 16.5.